The van der Waals surface area contributed by atoms with Crippen LogP contribution >= 0.6 is 31.9 Å². The predicted molar refractivity (Wildman–Crippen MR) is 80.7 cm³/mol. The number of carbonyl (C=O) groups is 1. The lowest BCUT2D eigenvalue weighted by atomic mass is 10.2. The van der Waals surface area contributed by atoms with Crippen LogP contribution in [0.15, 0.2) is 27.1 Å². The Morgan fingerprint density at radius 2 is 1.83 bits per heavy atom. The largest absolute Gasteiger partial charge is 0.372 e. The molecule has 1 saturated heterocycles. The zero-order chi connectivity index (χ0) is 13.1. The number of hydrogen-bond acceptors (Lipinski definition) is 2. The molecule has 1 amide bonds. The summed E-state index contributed by atoms with van der Waals surface area (Å²) >= 11 is 6.98. The van der Waals surface area contributed by atoms with Gasteiger partial charge in [-0.25, -0.2) is 0 Å². The Morgan fingerprint density at radius 3 is 2.39 bits per heavy atom. The van der Waals surface area contributed by atoms with Crippen LogP contribution in [0.25, 0.3) is 0 Å². The van der Waals surface area contributed by atoms with Crippen LogP contribution in [0, 0.1) is 0 Å². The van der Waals surface area contributed by atoms with E-state index in [-0.39, 0.29) is 11.9 Å². The number of nitrogens with one attached hydrogen (secondary N) is 1. The van der Waals surface area contributed by atoms with E-state index in [4.69, 9.17) is 0 Å². The first-order valence-corrected chi connectivity index (χ1v) is 7.67. The molecule has 0 aliphatic carbocycles. The molecule has 3 nitrogen and oxygen atoms in total. The van der Waals surface area contributed by atoms with E-state index in [1.165, 1.54) is 0 Å². The van der Waals surface area contributed by atoms with Crippen LogP contribution in [-0.4, -0.2) is 29.9 Å². The highest BCUT2D eigenvalue weighted by Gasteiger charge is 2.23. The van der Waals surface area contributed by atoms with Gasteiger partial charge in [0.1, 0.15) is 6.04 Å². The summed E-state index contributed by atoms with van der Waals surface area (Å²) in [5.41, 5.74) is 0.928. The van der Waals surface area contributed by atoms with E-state index >= 15 is 0 Å². The first-order chi connectivity index (χ1) is 8.59. The number of benzene rings is 1. The van der Waals surface area contributed by atoms with Crippen molar-refractivity contribution >= 4 is 43.5 Å². The Bertz CT molecular complexity index is 424. The van der Waals surface area contributed by atoms with Gasteiger partial charge in [0, 0.05) is 22.0 Å². The molecule has 1 aromatic carbocycles. The van der Waals surface area contributed by atoms with Gasteiger partial charge in [-0.15, -0.1) is 0 Å². The number of halogens is 2. The average molecular weight is 376 g/mol. The van der Waals surface area contributed by atoms with Crippen molar-refractivity contribution in [1.82, 2.24) is 4.90 Å². The fourth-order valence-electron chi connectivity index (χ4n) is 2.13. The molecule has 0 saturated carbocycles. The molecule has 5 heteroatoms. The van der Waals surface area contributed by atoms with Crippen LogP contribution in [-0.2, 0) is 4.79 Å². The molecule has 0 spiro atoms. The molecular weight excluding hydrogens is 360 g/mol. The highest BCUT2D eigenvalue weighted by molar-refractivity contribution is 9.11. The van der Waals surface area contributed by atoms with E-state index in [2.05, 4.69) is 37.2 Å². The molecule has 1 aromatic rings. The van der Waals surface area contributed by atoms with Crippen molar-refractivity contribution in [1.29, 1.82) is 0 Å². The van der Waals surface area contributed by atoms with Gasteiger partial charge in [-0.05, 0) is 63.8 Å². The second kappa shape index (κ2) is 6.06. The van der Waals surface area contributed by atoms with E-state index in [1.54, 1.807) is 0 Å². The molecule has 1 heterocycles. The Kier molecular flexibility index (Phi) is 4.67. The van der Waals surface area contributed by atoms with E-state index in [0.29, 0.717) is 0 Å². The maximum Gasteiger partial charge on any atom is 0.244 e. The molecule has 1 aliphatic rings. The number of anilines is 1. The van der Waals surface area contributed by atoms with Crippen molar-refractivity contribution in [2.45, 2.75) is 25.8 Å². The van der Waals surface area contributed by atoms with E-state index < -0.39 is 0 Å². The van der Waals surface area contributed by atoms with Crippen molar-refractivity contribution < 1.29 is 4.79 Å². The fraction of sp³-hybridized carbons (Fsp3) is 0.462. The van der Waals surface area contributed by atoms with E-state index in [9.17, 15) is 4.79 Å². The molecule has 18 heavy (non-hydrogen) atoms. The monoisotopic (exact) mass is 374 g/mol. The maximum absolute atomic E-state index is 12.2. The summed E-state index contributed by atoms with van der Waals surface area (Å²) in [5.74, 6) is 0.176. The Morgan fingerprint density at radius 1 is 1.28 bits per heavy atom. The van der Waals surface area contributed by atoms with Gasteiger partial charge in [0.2, 0.25) is 5.91 Å². The quantitative estimate of drug-likeness (QED) is 0.874. The predicted octanol–water partition coefficient (Wildman–Crippen LogP) is 3.63. The van der Waals surface area contributed by atoms with Crippen LogP contribution in [0.5, 0.6) is 0 Å². The zero-order valence-corrected chi connectivity index (χ0v) is 13.4. The molecule has 1 unspecified atom stereocenters. The van der Waals surface area contributed by atoms with Gasteiger partial charge in [0.25, 0.3) is 0 Å². The third-order valence-corrected chi connectivity index (χ3v) is 4.43. The van der Waals surface area contributed by atoms with Gasteiger partial charge in [-0.2, -0.15) is 0 Å². The molecular formula is C13H16Br2N2O. The fourth-order valence-corrected chi connectivity index (χ4v) is 3.35. The maximum atomic E-state index is 12.2. The third kappa shape index (κ3) is 3.06. The zero-order valence-electron chi connectivity index (χ0n) is 10.2. The summed E-state index contributed by atoms with van der Waals surface area (Å²) in [4.78, 5) is 14.1. The summed E-state index contributed by atoms with van der Waals surface area (Å²) < 4.78 is 1.91. The standard InChI is InChI=1S/C13H16Br2N2O/c1-9(13(18)17-7-2-3-8-17)16-12-10(14)5-4-6-11(12)15/h4-6,9,16H,2-3,7-8H2,1H3. The Hall–Kier alpha value is -0.550. The van der Waals surface area contributed by atoms with E-state index in [0.717, 1.165) is 40.6 Å². The van der Waals surface area contributed by atoms with Gasteiger partial charge < -0.3 is 10.2 Å². The highest BCUT2D eigenvalue weighted by atomic mass is 79.9. The van der Waals surface area contributed by atoms with Crippen molar-refractivity contribution in [2.75, 3.05) is 18.4 Å². The lowest BCUT2D eigenvalue weighted by molar-refractivity contribution is -0.130. The van der Waals surface area contributed by atoms with Gasteiger partial charge in [0.15, 0.2) is 0 Å². The molecule has 1 fully saturated rings. The molecule has 1 aliphatic heterocycles. The second-order valence-corrected chi connectivity index (χ2v) is 6.20. The molecule has 1 atom stereocenters. The van der Waals surface area contributed by atoms with Crippen LogP contribution < -0.4 is 5.32 Å². The molecule has 98 valence electrons. The van der Waals surface area contributed by atoms with Crippen molar-refractivity contribution in [2.24, 2.45) is 0 Å². The molecule has 2 rings (SSSR count). The summed E-state index contributed by atoms with van der Waals surface area (Å²) in [5, 5.41) is 3.27. The van der Waals surface area contributed by atoms with E-state index in [1.807, 2.05) is 30.0 Å². The first kappa shape index (κ1) is 13.9. The number of rotatable bonds is 3. The van der Waals surface area contributed by atoms with Crippen LogP contribution in [0.4, 0.5) is 5.69 Å². The highest BCUT2D eigenvalue weighted by Crippen LogP contribution is 2.31. The molecule has 1 N–H and O–H groups in total. The SMILES string of the molecule is CC(Nc1c(Br)cccc1Br)C(=O)N1CCCC1. The van der Waals surface area contributed by atoms with Gasteiger partial charge in [-0.3, -0.25) is 4.79 Å². The van der Waals surface area contributed by atoms with Crippen LogP contribution in [0.2, 0.25) is 0 Å². The summed E-state index contributed by atoms with van der Waals surface area (Å²) in [6, 6.07) is 5.66. The third-order valence-electron chi connectivity index (χ3n) is 3.11. The van der Waals surface area contributed by atoms with Crippen molar-refractivity contribution in [3.05, 3.63) is 27.1 Å². The minimum Gasteiger partial charge on any atom is -0.372 e. The van der Waals surface area contributed by atoms with Gasteiger partial charge in [-0.1, -0.05) is 6.07 Å². The van der Waals surface area contributed by atoms with Crippen LogP contribution in [0.1, 0.15) is 19.8 Å². The Balaban J connectivity index is 2.06. The molecule has 0 aromatic heterocycles. The van der Waals surface area contributed by atoms with Crippen LogP contribution in [0.3, 0.4) is 0 Å². The number of amides is 1. The topological polar surface area (TPSA) is 32.3 Å². The number of likely N-dealkylation sites (tertiary alicyclic amines) is 1. The smallest absolute Gasteiger partial charge is 0.244 e. The first-order valence-electron chi connectivity index (χ1n) is 6.09. The number of hydrogen-bond donors (Lipinski definition) is 1. The average Bonchev–Trinajstić information content (AvgIpc) is 2.86. The summed E-state index contributed by atoms with van der Waals surface area (Å²) in [6.07, 6.45) is 2.24. The Labute approximate surface area is 124 Å². The number of nitrogens with zero attached hydrogens (tertiary/aromatic N) is 1. The van der Waals surface area contributed by atoms with Gasteiger partial charge >= 0.3 is 0 Å². The number of para-hydroxylation sites is 1. The van der Waals surface area contributed by atoms with Crippen molar-refractivity contribution in [3.63, 3.8) is 0 Å². The normalized spacial score (nSPS) is 16.7. The van der Waals surface area contributed by atoms with Gasteiger partial charge in [0.05, 0.1) is 5.69 Å². The minimum atomic E-state index is -0.210. The minimum absolute atomic E-state index is 0.176. The number of carbonyl (C=O) groups excluding carboxylic acids is 1. The lowest BCUT2D eigenvalue weighted by Crippen LogP contribution is -2.39. The van der Waals surface area contributed by atoms with Crippen molar-refractivity contribution in [3.8, 4) is 0 Å². The lowest BCUT2D eigenvalue weighted by Gasteiger charge is -2.22. The molecule has 0 radical (unpaired) electrons. The summed E-state index contributed by atoms with van der Waals surface area (Å²) in [7, 11) is 0. The summed E-state index contributed by atoms with van der Waals surface area (Å²) in [6.45, 7) is 3.69. The second-order valence-electron chi connectivity index (χ2n) is 4.50. The molecule has 0 bridgehead atoms.